The third-order valence-electron chi connectivity index (χ3n) is 2.13. The van der Waals surface area contributed by atoms with E-state index in [0.717, 1.165) is 12.1 Å². The SMILES string of the molecule is COCOS(=O)(=O)c1ccc(C=O)c(S(=O)(=O)OCOC)n1. The molecule has 0 aliphatic carbocycles. The molecular weight excluding hydrogens is 342 g/mol. The van der Waals surface area contributed by atoms with E-state index < -0.39 is 43.9 Å². The second-order valence-electron chi connectivity index (χ2n) is 3.62. The highest BCUT2D eigenvalue weighted by atomic mass is 32.2. The molecule has 0 N–H and O–H groups in total. The van der Waals surface area contributed by atoms with E-state index in [1.54, 1.807) is 0 Å². The lowest BCUT2D eigenvalue weighted by Gasteiger charge is -2.08. The average molecular weight is 355 g/mol. The van der Waals surface area contributed by atoms with Crippen molar-refractivity contribution < 1.29 is 39.5 Å². The van der Waals surface area contributed by atoms with E-state index in [2.05, 4.69) is 22.8 Å². The Hall–Kier alpha value is -1.44. The van der Waals surface area contributed by atoms with Gasteiger partial charge in [-0.2, -0.15) is 16.8 Å². The van der Waals surface area contributed by atoms with E-state index in [-0.39, 0.29) is 11.8 Å². The average Bonchev–Trinajstić information content (AvgIpc) is 2.50. The van der Waals surface area contributed by atoms with E-state index in [1.807, 2.05) is 0 Å². The van der Waals surface area contributed by atoms with Gasteiger partial charge in [0, 0.05) is 14.2 Å². The fourth-order valence-corrected chi connectivity index (χ4v) is 2.99. The number of methoxy groups -OCH3 is 2. The van der Waals surface area contributed by atoms with Gasteiger partial charge in [-0.05, 0) is 12.1 Å². The number of nitrogens with zero attached hydrogens (tertiary/aromatic N) is 1. The Labute approximate surface area is 127 Å². The molecule has 12 heteroatoms. The van der Waals surface area contributed by atoms with E-state index in [1.165, 1.54) is 14.2 Å². The number of pyridine rings is 1. The first kappa shape index (κ1) is 18.6. The minimum atomic E-state index is -4.49. The molecule has 0 spiro atoms. The molecule has 124 valence electrons. The molecule has 0 fully saturated rings. The third kappa shape index (κ3) is 4.53. The van der Waals surface area contributed by atoms with Gasteiger partial charge in [-0.3, -0.25) is 4.79 Å². The first-order valence-corrected chi connectivity index (χ1v) is 8.33. The lowest BCUT2D eigenvalue weighted by molar-refractivity contribution is 0.0554. The maximum atomic E-state index is 11.9. The molecule has 0 saturated heterocycles. The summed E-state index contributed by atoms with van der Waals surface area (Å²) in [5, 5.41) is -1.57. The Morgan fingerprint density at radius 2 is 1.55 bits per heavy atom. The molecule has 1 rings (SSSR count). The molecule has 10 nitrogen and oxygen atoms in total. The van der Waals surface area contributed by atoms with Gasteiger partial charge in [-0.15, -0.1) is 0 Å². The van der Waals surface area contributed by atoms with Gasteiger partial charge in [0.25, 0.3) is 0 Å². The predicted molar refractivity (Wildman–Crippen MR) is 69.9 cm³/mol. The summed E-state index contributed by atoms with van der Waals surface area (Å²) < 4.78 is 65.0. The van der Waals surface area contributed by atoms with Crippen molar-refractivity contribution in [3.05, 3.63) is 17.7 Å². The van der Waals surface area contributed by atoms with Crippen LogP contribution in [0.25, 0.3) is 0 Å². The van der Waals surface area contributed by atoms with Crippen LogP contribution in [-0.2, 0) is 38.1 Å². The topological polar surface area (TPSA) is 135 Å². The van der Waals surface area contributed by atoms with Crippen molar-refractivity contribution in [2.24, 2.45) is 0 Å². The van der Waals surface area contributed by atoms with Crippen LogP contribution in [0.1, 0.15) is 10.4 Å². The first-order chi connectivity index (χ1) is 10.3. The smallest absolute Gasteiger partial charge is 0.317 e. The van der Waals surface area contributed by atoms with Crippen molar-refractivity contribution in [1.82, 2.24) is 4.98 Å². The molecule has 0 bridgehead atoms. The highest BCUT2D eigenvalue weighted by Gasteiger charge is 2.26. The van der Waals surface area contributed by atoms with Crippen LogP contribution < -0.4 is 0 Å². The molecule has 0 radical (unpaired) electrons. The Kier molecular flexibility index (Phi) is 6.52. The van der Waals surface area contributed by atoms with Crippen LogP contribution in [-0.4, -0.2) is 55.9 Å². The van der Waals surface area contributed by atoms with E-state index in [0.29, 0.717) is 0 Å². The lowest BCUT2D eigenvalue weighted by Crippen LogP contribution is -2.16. The number of hydrogen-bond acceptors (Lipinski definition) is 10. The molecule has 1 heterocycles. The van der Waals surface area contributed by atoms with Crippen molar-refractivity contribution >= 4 is 26.5 Å². The van der Waals surface area contributed by atoms with Gasteiger partial charge in [0.05, 0.1) is 5.56 Å². The molecule has 1 aromatic heterocycles. The lowest BCUT2D eigenvalue weighted by atomic mass is 10.3. The maximum Gasteiger partial charge on any atom is 0.317 e. The summed E-state index contributed by atoms with van der Waals surface area (Å²) in [6, 6.07) is 1.89. The Morgan fingerprint density at radius 3 is 2.05 bits per heavy atom. The van der Waals surface area contributed by atoms with Gasteiger partial charge in [-0.1, -0.05) is 0 Å². The Morgan fingerprint density at radius 1 is 1.00 bits per heavy atom. The molecule has 1 aromatic rings. The van der Waals surface area contributed by atoms with Crippen LogP contribution in [0, 0.1) is 0 Å². The summed E-state index contributed by atoms with van der Waals surface area (Å²) in [4.78, 5) is 14.3. The van der Waals surface area contributed by atoms with Gasteiger partial charge < -0.3 is 9.47 Å². The van der Waals surface area contributed by atoms with E-state index in [9.17, 15) is 21.6 Å². The van der Waals surface area contributed by atoms with Gasteiger partial charge in [0.1, 0.15) is 0 Å². The molecule has 0 saturated carbocycles. The van der Waals surface area contributed by atoms with Crippen LogP contribution in [0.5, 0.6) is 0 Å². The zero-order chi connectivity index (χ0) is 16.8. The number of aldehydes is 1. The normalized spacial score (nSPS) is 12.3. The summed E-state index contributed by atoms with van der Waals surface area (Å²) in [5.41, 5.74) is -0.373. The number of aromatic nitrogens is 1. The van der Waals surface area contributed by atoms with Crippen LogP contribution in [0.4, 0.5) is 0 Å². The van der Waals surface area contributed by atoms with E-state index in [4.69, 9.17) is 0 Å². The van der Waals surface area contributed by atoms with Gasteiger partial charge in [0.15, 0.2) is 29.9 Å². The van der Waals surface area contributed by atoms with Crippen molar-refractivity contribution in [3.63, 3.8) is 0 Å². The van der Waals surface area contributed by atoms with Crippen molar-refractivity contribution in [1.29, 1.82) is 0 Å². The summed E-state index contributed by atoms with van der Waals surface area (Å²) in [6.07, 6.45) is 0.197. The van der Waals surface area contributed by atoms with Gasteiger partial charge >= 0.3 is 20.2 Å². The zero-order valence-electron chi connectivity index (χ0n) is 11.6. The fourth-order valence-electron chi connectivity index (χ4n) is 1.20. The van der Waals surface area contributed by atoms with Crippen LogP contribution in [0.15, 0.2) is 22.2 Å². The monoisotopic (exact) mass is 355 g/mol. The highest BCUT2D eigenvalue weighted by molar-refractivity contribution is 7.87. The molecule has 0 aliphatic rings. The molecule has 0 aromatic carbocycles. The van der Waals surface area contributed by atoms with E-state index >= 15 is 0 Å². The summed E-state index contributed by atoms with van der Waals surface area (Å²) in [5.74, 6) is 0. The number of hydrogen-bond donors (Lipinski definition) is 0. The molecule has 0 amide bonds. The highest BCUT2D eigenvalue weighted by Crippen LogP contribution is 2.18. The second-order valence-corrected chi connectivity index (χ2v) is 6.71. The summed E-state index contributed by atoms with van der Waals surface area (Å²) >= 11 is 0. The minimum absolute atomic E-state index is 0.197. The van der Waals surface area contributed by atoms with Crippen molar-refractivity contribution in [2.45, 2.75) is 10.1 Å². The Balaban J connectivity index is 3.33. The van der Waals surface area contributed by atoms with Gasteiger partial charge in [0.2, 0.25) is 0 Å². The predicted octanol–water partition coefficient (Wildman–Crippen LogP) is -0.488. The summed E-state index contributed by atoms with van der Waals surface area (Å²) in [6.45, 7) is -1.21. The van der Waals surface area contributed by atoms with Crippen LogP contribution in [0.2, 0.25) is 0 Å². The molecule has 0 atom stereocenters. The minimum Gasteiger partial charge on any atom is -0.357 e. The standard InChI is InChI=1S/C10H13NO9S2/c1-17-6-19-21(13,14)9-4-3-8(5-12)10(11-9)22(15,16)20-7-18-2/h3-5H,6-7H2,1-2H3. The number of ether oxygens (including phenoxy) is 2. The quantitative estimate of drug-likeness (QED) is 0.324. The molecular formula is C10H13NO9S2. The number of carbonyl (C=O) groups is 1. The Bertz CT molecular complexity index is 727. The zero-order valence-corrected chi connectivity index (χ0v) is 13.2. The first-order valence-electron chi connectivity index (χ1n) is 5.51. The number of rotatable bonds is 9. The van der Waals surface area contributed by atoms with Crippen LogP contribution >= 0.6 is 0 Å². The maximum absolute atomic E-state index is 11.9. The second kappa shape index (κ2) is 7.71. The van der Waals surface area contributed by atoms with Crippen molar-refractivity contribution in [3.8, 4) is 0 Å². The molecule has 22 heavy (non-hydrogen) atoms. The van der Waals surface area contributed by atoms with Crippen LogP contribution in [0.3, 0.4) is 0 Å². The fraction of sp³-hybridized carbons (Fsp3) is 0.400. The molecule has 0 unspecified atom stereocenters. The van der Waals surface area contributed by atoms with Gasteiger partial charge in [-0.25, -0.2) is 13.4 Å². The van der Waals surface area contributed by atoms with Crippen molar-refractivity contribution in [2.75, 3.05) is 27.8 Å². The summed E-state index contributed by atoms with van der Waals surface area (Å²) in [7, 11) is -6.46. The third-order valence-corrected chi connectivity index (χ3v) is 4.48. The molecule has 0 aliphatic heterocycles. The number of carbonyl (C=O) groups excluding carboxylic acids is 1. The largest absolute Gasteiger partial charge is 0.357 e.